The summed E-state index contributed by atoms with van der Waals surface area (Å²) < 4.78 is 96.3. The number of rotatable bonds is 6. The first-order valence-electron chi connectivity index (χ1n) is 10.6. The highest BCUT2D eigenvalue weighted by Crippen LogP contribution is 2.50. The first kappa shape index (κ1) is 28.2. The number of oxime groups is 1. The molecule has 1 heterocycles. The maximum Gasteiger partial charge on any atom is 0.435 e. The summed E-state index contributed by atoms with van der Waals surface area (Å²) in [6.45, 7) is 3.27. The van der Waals surface area contributed by atoms with E-state index in [2.05, 4.69) is 15.8 Å². The maximum absolute atomic E-state index is 14.2. The second kappa shape index (κ2) is 10.2. The van der Waals surface area contributed by atoms with E-state index in [9.17, 15) is 40.3 Å². The summed E-state index contributed by atoms with van der Waals surface area (Å²) in [5, 5.41) is 7.21. The molecule has 0 bridgehead atoms. The Labute approximate surface area is 210 Å². The molecule has 3 rings (SSSR count). The molecule has 200 valence electrons. The number of nitrogens with zero attached hydrogens (tertiary/aromatic N) is 1. The summed E-state index contributed by atoms with van der Waals surface area (Å²) in [6.07, 6.45) is -11.6. The van der Waals surface area contributed by atoms with E-state index in [-0.39, 0.29) is 29.4 Å². The molecule has 6 nitrogen and oxygen atoms in total. The molecule has 0 spiro atoms. The highest BCUT2D eigenvalue weighted by atomic mass is 35.5. The Morgan fingerprint density at radius 3 is 2.35 bits per heavy atom. The van der Waals surface area contributed by atoms with Crippen molar-refractivity contribution in [2.75, 3.05) is 13.1 Å². The number of benzene rings is 2. The van der Waals surface area contributed by atoms with Gasteiger partial charge in [0.2, 0.25) is 5.91 Å². The number of halogens is 8. The Morgan fingerprint density at radius 2 is 1.78 bits per heavy atom. The van der Waals surface area contributed by atoms with Gasteiger partial charge in [0.15, 0.2) is 5.82 Å². The van der Waals surface area contributed by atoms with Crippen molar-refractivity contribution in [3.05, 3.63) is 69.0 Å². The molecular formula is C23H19ClF7N3O3. The zero-order chi connectivity index (χ0) is 27.8. The van der Waals surface area contributed by atoms with Crippen molar-refractivity contribution >= 4 is 29.1 Å². The van der Waals surface area contributed by atoms with Gasteiger partial charge in [-0.05, 0) is 49.2 Å². The second-order valence-corrected chi connectivity index (χ2v) is 8.52. The van der Waals surface area contributed by atoms with Gasteiger partial charge in [-0.2, -0.15) is 26.3 Å². The molecule has 0 saturated heterocycles. The van der Waals surface area contributed by atoms with Crippen LogP contribution in [-0.4, -0.2) is 36.8 Å². The molecule has 0 radical (unpaired) electrons. The standard InChI is InChI=1S/C23H19ClF7N3O3/c1-3-32-18(35)10-33-20(36)14-5-4-12(6-11(14)2)17-9-21(37-34-17,23(29,30)31)13-7-15(22(26,27)28)19(25)16(24)8-13/h4-8H,3,9-10H2,1-2H3,(H,32,35)(H,33,36). The zero-order valence-corrected chi connectivity index (χ0v) is 20.0. The largest absolute Gasteiger partial charge is 0.435 e. The molecule has 1 unspecified atom stereocenters. The molecule has 0 saturated carbocycles. The van der Waals surface area contributed by atoms with Crippen LogP contribution in [0.4, 0.5) is 30.7 Å². The minimum absolute atomic E-state index is 0.000535. The fourth-order valence-corrected chi connectivity index (χ4v) is 3.92. The topological polar surface area (TPSA) is 79.8 Å². The second-order valence-electron chi connectivity index (χ2n) is 8.11. The first-order valence-corrected chi connectivity index (χ1v) is 11.0. The minimum atomic E-state index is -5.32. The number of aryl methyl sites for hydroxylation is 1. The van der Waals surface area contributed by atoms with Gasteiger partial charge >= 0.3 is 12.4 Å². The van der Waals surface area contributed by atoms with Crippen molar-refractivity contribution in [1.82, 2.24) is 10.6 Å². The molecule has 1 atom stereocenters. The van der Waals surface area contributed by atoms with Crippen molar-refractivity contribution in [1.29, 1.82) is 0 Å². The van der Waals surface area contributed by atoms with Crippen LogP contribution in [0, 0.1) is 12.7 Å². The molecule has 1 aliphatic heterocycles. The highest BCUT2D eigenvalue weighted by molar-refractivity contribution is 6.30. The van der Waals surface area contributed by atoms with Gasteiger partial charge in [0, 0.05) is 24.1 Å². The maximum atomic E-state index is 14.2. The van der Waals surface area contributed by atoms with Crippen molar-refractivity contribution in [3.8, 4) is 0 Å². The van der Waals surface area contributed by atoms with E-state index in [0.717, 1.165) is 0 Å². The Morgan fingerprint density at radius 1 is 1.11 bits per heavy atom. The summed E-state index contributed by atoms with van der Waals surface area (Å²) in [6, 6.07) is 4.34. The number of nitrogens with one attached hydrogen (secondary N) is 2. The number of hydrogen-bond donors (Lipinski definition) is 2. The molecule has 0 aromatic heterocycles. The molecule has 0 aliphatic carbocycles. The summed E-state index contributed by atoms with van der Waals surface area (Å²) in [5.41, 5.74) is -6.13. The highest BCUT2D eigenvalue weighted by Gasteiger charge is 2.63. The van der Waals surface area contributed by atoms with E-state index in [1.165, 1.54) is 25.1 Å². The van der Waals surface area contributed by atoms with Gasteiger partial charge in [0.1, 0.15) is 0 Å². The van der Waals surface area contributed by atoms with Crippen LogP contribution in [0.2, 0.25) is 5.02 Å². The lowest BCUT2D eigenvalue weighted by atomic mass is 9.85. The smallest absolute Gasteiger partial charge is 0.374 e. The van der Waals surface area contributed by atoms with Crippen LogP contribution in [0.3, 0.4) is 0 Å². The van der Waals surface area contributed by atoms with Gasteiger partial charge in [-0.3, -0.25) is 9.59 Å². The van der Waals surface area contributed by atoms with Gasteiger partial charge in [0.05, 0.1) is 22.8 Å². The Kier molecular flexibility index (Phi) is 7.77. The van der Waals surface area contributed by atoms with E-state index in [4.69, 9.17) is 16.4 Å². The molecule has 2 N–H and O–H groups in total. The van der Waals surface area contributed by atoms with Crippen LogP contribution in [0.15, 0.2) is 35.5 Å². The monoisotopic (exact) mass is 553 g/mol. The molecule has 14 heteroatoms. The molecule has 2 aromatic rings. The lowest BCUT2D eigenvalue weighted by Gasteiger charge is -2.30. The third-order valence-corrected chi connectivity index (χ3v) is 5.85. The van der Waals surface area contributed by atoms with Crippen molar-refractivity contribution < 1.29 is 45.2 Å². The average Bonchev–Trinajstić information content (AvgIpc) is 3.25. The molecule has 2 amide bonds. The van der Waals surface area contributed by atoms with Gasteiger partial charge in [-0.1, -0.05) is 22.8 Å². The number of alkyl halides is 6. The average molecular weight is 554 g/mol. The summed E-state index contributed by atoms with van der Waals surface area (Å²) in [7, 11) is 0. The SMILES string of the molecule is CCNC(=O)CNC(=O)c1ccc(C2=NOC(c3cc(Cl)c(F)c(C(F)(F)F)c3)(C(F)(F)F)C2)cc1C. The van der Waals surface area contributed by atoms with Gasteiger partial charge in [0.25, 0.3) is 11.5 Å². The molecule has 37 heavy (non-hydrogen) atoms. The van der Waals surface area contributed by atoms with Crippen molar-refractivity contribution in [2.24, 2.45) is 5.16 Å². The van der Waals surface area contributed by atoms with E-state index in [1.807, 2.05) is 0 Å². The van der Waals surface area contributed by atoms with Crippen molar-refractivity contribution in [2.45, 2.75) is 38.2 Å². The lowest BCUT2D eigenvalue weighted by molar-refractivity contribution is -0.276. The van der Waals surface area contributed by atoms with Crippen LogP contribution in [0.25, 0.3) is 0 Å². The zero-order valence-electron chi connectivity index (χ0n) is 19.2. The van der Waals surface area contributed by atoms with Crippen LogP contribution < -0.4 is 10.6 Å². The fraction of sp³-hybridized carbons (Fsp3) is 0.348. The fourth-order valence-electron chi connectivity index (χ4n) is 3.70. The third kappa shape index (κ3) is 5.65. The number of carbonyl (C=O) groups excluding carboxylic acids is 2. The Balaban J connectivity index is 1.92. The number of carbonyl (C=O) groups is 2. The third-order valence-electron chi connectivity index (χ3n) is 5.57. The predicted molar refractivity (Wildman–Crippen MR) is 119 cm³/mol. The molecule has 1 aliphatic rings. The first-order chi connectivity index (χ1) is 17.1. The van der Waals surface area contributed by atoms with E-state index in [0.29, 0.717) is 18.2 Å². The molecular weight excluding hydrogens is 535 g/mol. The Hall–Kier alpha value is -3.35. The Bertz CT molecular complexity index is 1260. The van der Waals surface area contributed by atoms with Gasteiger partial charge in [-0.15, -0.1) is 0 Å². The number of likely N-dealkylation sites (N-methyl/N-ethyl adjacent to an activating group) is 1. The molecule has 2 aromatic carbocycles. The number of hydrogen-bond acceptors (Lipinski definition) is 4. The van der Waals surface area contributed by atoms with Crippen molar-refractivity contribution in [3.63, 3.8) is 0 Å². The minimum Gasteiger partial charge on any atom is -0.374 e. The van der Waals surface area contributed by atoms with Crippen LogP contribution in [0.1, 0.15) is 46.0 Å². The van der Waals surface area contributed by atoms with Crippen LogP contribution in [0.5, 0.6) is 0 Å². The van der Waals surface area contributed by atoms with Gasteiger partial charge in [-0.25, -0.2) is 4.39 Å². The summed E-state index contributed by atoms with van der Waals surface area (Å²) >= 11 is 5.50. The van der Waals surface area contributed by atoms with E-state index >= 15 is 0 Å². The van der Waals surface area contributed by atoms with E-state index in [1.54, 1.807) is 6.92 Å². The normalized spacial score (nSPS) is 17.7. The van der Waals surface area contributed by atoms with Crippen LogP contribution in [-0.2, 0) is 21.4 Å². The quantitative estimate of drug-likeness (QED) is 0.479. The summed E-state index contributed by atoms with van der Waals surface area (Å²) in [5.74, 6) is -2.93. The summed E-state index contributed by atoms with van der Waals surface area (Å²) in [4.78, 5) is 28.6. The lowest BCUT2D eigenvalue weighted by Crippen LogP contribution is -2.43. The molecule has 0 fully saturated rings. The van der Waals surface area contributed by atoms with E-state index < -0.39 is 58.2 Å². The van der Waals surface area contributed by atoms with Gasteiger partial charge < -0.3 is 15.5 Å². The predicted octanol–water partition coefficient (Wildman–Crippen LogP) is 5.25. The number of amides is 2. The van der Waals surface area contributed by atoms with Crippen LogP contribution >= 0.6 is 11.6 Å².